The highest BCUT2D eigenvalue weighted by Crippen LogP contribution is 2.08. The molecule has 1 rings (SSSR count). The van der Waals surface area contributed by atoms with Gasteiger partial charge in [-0.1, -0.05) is 0 Å². The van der Waals surface area contributed by atoms with Crippen molar-refractivity contribution in [1.82, 2.24) is 10.0 Å². The van der Waals surface area contributed by atoms with E-state index in [1.807, 2.05) is 13.8 Å². The Balaban J connectivity index is 2.59. The molecule has 0 aliphatic heterocycles. The minimum Gasteiger partial charge on any atom is -0.399 e. The smallest absolute Gasteiger partial charge is 0.327 e. The number of carbonyl (C=O) groups excluding carboxylic acids is 1. The predicted octanol–water partition coefficient (Wildman–Crippen LogP) is 0.999. The first-order valence-corrected chi connectivity index (χ1v) is 5.98. The number of anilines is 1. The molecule has 6 heteroatoms. The van der Waals surface area contributed by atoms with Crippen LogP contribution >= 0.6 is 0 Å². The summed E-state index contributed by atoms with van der Waals surface area (Å²) in [5.74, 6) is 0. The molecule has 0 aromatic heterocycles. The Kier molecular flexibility index (Phi) is 4.30. The minimum absolute atomic E-state index is 0.00316. The zero-order chi connectivity index (χ0) is 12.1. The third-order valence-electron chi connectivity index (χ3n) is 1.70. The van der Waals surface area contributed by atoms with Gasteiger partial charge in [0.15, 0.2) is 11.0 Å². The molecule has 1 atom stereocenters. The maximum absolute atomic E-state index is 11.6. The Morgan fingerprint density at radius 2 is 1.88 bits per heavy atom. The summed E-state index contributed by atoms with van der Waals surface area (Å²) in [5.41, 5.74) is 6.09. The topological polar surface area (TPSA) is 84.2 Å². The quantitative estimate of drug-likeness (QED) is 0.690. The number of benzene rings is 1. The van der Waals surface area contributed by atoms with Gasteiger partial charge in [-0.2, -0.15) is 0 Å². The number of nitrogens with one attached hydrogen (secondary N) is 2. The number of urea groups is 1. The molecule has 0 heterocycles. The molecule has 0 saturated carbocycles. The Bertz CT molecular complexity index is 390. The maximum atomic E-state index is 11.6. The van der Waals surface area contributed by atoms with Crippen molar-refractivity contribution in [2.24, 2.45) is 0 Å². The summed E-state index contributed by atoms with van der Waals surface area (Å²) in [5, 5.41) is 2.59. The summed E-state index contributed by atoms with van der Waals surface area (Å²) < 4.78 is 14.0. The molecule has 5 nitrogen and oxygen atoms in total. The molecule has 1 aromatic carbocycles. The van der Waals surface area contributed by atoms with Gasteiger partial charge in [0.2, 0.25) is 0 Å². The molecule has 0 spiro atoms. The summed E-state index contributed by atoms with van der Waals surface area (Å²) >= 11 is 0. The zero-order valence-corrected chi connectivity index (χ0v) is 10.0. The van der Waals surface area contributed by atoms with Crippen LogP contribution in [0, 0.1) is 0 Å². The van der Waals surface area contributed by atoms with E-state index in [0.29, 0.717) is 10.6 Å². The van der Waals surface area contributed by atoms with E-state index in [9.17, 15) is 9.00 Å². The molecule has 4 N–H and O–H groups in total. The van der Waals surface area contributed by atoms with Gasteiger partial charge in [0.05, 0.1) is 4.90 Å². The second-order valence-corrected chi connectivity index (χ2v) is 4.78. The first-order chi connectivity index (χ1) is 7.49. The number of hydrogen-bond donors (Lipinski definition) is 3. The van der Waals surface area contributed by atoms with E-state index in [2.05, 4.69) is 10.0 Å². The van der Waals surface area contributed by atoms with Gasteiger partial charge in [-0.25, -0.2) is 9.00 Å². The lowest BCUT2D eigenvalue weighted by Crippen LogP contribution is -2.40. The van der Waals surface area contributed by atoms with Crippen LogP contribution in [0.1, 0.15) is 13.8 Å². The third-order valence-corrected chi connectivity index (χ3v) is 2.77. The van der Waals surface area contributed by atoms with Crippen LogP contribution in [-0.2, 0) is 11.0 Å². The van der Waals surface area contributed by atoms with E-state index in [1.54, 1.807) is 24.3 Å². The van der Waals surface area contributed by atoms with Crippen molar-refractivity contribution in [3.05, 3.63) is 24.3 Å². The number of rotatable bonds is 3. The molecular formula is C10H15N3O2S. The highest BCUT2D eigenvalue weighted by molar-refractivity contribution is 7.83. The lowest BCUT2D eigenvalue weighted by atomic mass is 10.3. The molecule has 0 radical (unpaired) electrons. The van der Waals surface area contributed by atoms with Gasteiger partial charge in [-0.3, -0.25) is 4.72 Å². The van der Waals surface area contributed by atoms with E-state index in [0.717, 1.165) is 0 Å². The van der Waals surface area contributed by atoms with Crippen LogP contribution in [0.15, 0.2) is 29.2 Å². The first kappa shape index (κ1) is 12.5. The molecule has 0 fully saturated rings. The van der Waals surface area contributed by atoms with Gasteiger partial charge in [-0.15, -0.1) is 0 Å². The second kappa shape index (κ2) is 5.50. The lowest BCUT2D eigenvalue weighted by Gasteiger charge is -2.09. The SMILES string of the molecule is CC(C)NC(=O)NS(=O)c1ccc(N)cc1. The van der Waals surface area contributed by atoms with Crippen molar-refractivity contribution in [2.45, 2.75) is 24.8 Å². The molecule has 0 aliphatic carbocycles. The fourth-order valence-corrected chi connectivity index (χ4v) is 1.75. The largest absolute Gasteiger partial charge is 0.399 e. The van der Waals surface area contributed by atoms with Crippen molar-refractivity contribution in [1.29, 1.82) is 0 Å². The summed E-state index contributed by atoms with van der Waals surface area (Å²) in [6.45, 7) is 3.65. The van der Waals surface area contributed by atoms with Crippen LogP contribution in [-0.4, -0.2) is 16.3 Å². The molecule has 1 unspecified atom stereocenters. The van der Waals surface area contributed by atoms with Crippen LogP contribution in [0.25, 0.3) is 0 Å². The molecule has 16 heavy (non-hydrogen) atoms. The second-order valence-electron chi connectivity index (χ2n) is 3.57. The van der Waals surface area contributed by atoms with Gasteiger partial charge >= 0.3 is 6.03 Å². The molecule has 1 aromatic rings. The molecule has 2 amide bonds. The fourth-order valence-electron chi connectivity index (χ4n) is 1.03. The van der Waals surface area contributed by atoms with E-state index in [-0.39, 0.29) is 6.04 Å². The van der Waals surface area contributed by atoms with E-state index >= 15 is 0 Å². The van der Waals surface area contributed by atoms with Crippen molar-refractivity contribution < 1.29 is 9.00 Å². The minimum atomic E-state index is -1.56. The van der Waals surface area contributed by atoms with E-state index in [4.69, 9.17) is 5.73 Å². The number of nitrogens with two attached hydrogens (primary N) is 1. The molecule has 0 aliphatic rings. The van der Waals surface area contributed by atoms with Gasteiger partial charge in [0, 0.05) is 11.7 Å². The Morgan fingerprint density at radius 3 is 2.38 bits per heavy atom. The number of nitrogen functional groups attached to an aromatic ring is 1. The Labute approximate surface area is 97.0 Å². The highest BCUT2D eigenvalue weighted by atomic mass is 32.2. The average molecular weight is 241 g/mol. The van der Waals surface area contributed by atoms with Crippen molar-refractivity contribution in [2.75, 3.05) is 5.73 Å². The van der Waals surface area contributed by atoms with Gasteiger partial charge in [0.25, 0.3) is 0 Å². The maximum Gasteiger partial charge on any atom is 0.327 e. The first-order valence-electron chi connectivity index (χ1n) is 4.83. The summed E-state index contributed by atoms with van der Waals surface area (Å²) in [4.78, 5) is 11.8. The Morgan fingerprint density at radius 1 is 1.31 bits per heavy atom. The predicted molar refractivity (Wildman–Crippen MR) is 64.1 cm³/mol. The molecule has 0 bridgehead atoms. The van der Waals surface area contributed by atoms with Crippen LogP contribution in [0.2, 0.25) is 0 Å². The molecule has 88 valence electrons. The normalized spacial score (nSPS) is 12.2. The average Bonchev–Trinajstić information content (AvgIpc) is 2.16. The zero-order valence-electron chi connectivity index (χ0n) is 9.19. The lowest BCUT2D eigenvalue weighted by molar-refractivity contribution is 0.244. The number of carbonyl (C=O) groups is 1. The highest BCUT2D eigenvalue weighted by Gasteiger charge is 2.08. The third kappa shape index (κ3) is 3.90. The summed E-state index contributed by atoms with van der Waals surface area (Å²) in [7, 11) is -1.56. The van der Waals surface area contributed by atoms with E-state index in [1.165, 1.54) is 0 Å². The fraction of sp³-hybridized carbons (Fsp3) is 0.300. The van der Waals surface area contributed by atoms with Crippen molar-refractivity contribution >= 4 is 22.7 Å². The Hall–Kier alpha value is -1.56. The number of amides is 2. The monoisotopic (exact) mass is 241 g/mol. The van der Waals surface area contributed by atoms with E-state index < -0.39 is 17.0 Å². The molecular weight excluding hydrogens is 226 g/mol. The van der Waals surface area contributed by atoms with Gasteiger partial charge < -0.3 is 11.1 Å². The number of hydrogen-bond acceptors (Lipinski definition) is 3. The van der Waals surface area contributed by atoms with Crippen LogP contribution in [0.4, 0.5) is 10.5 Å². The van der Waals surface area contributed by atoms with Crippen LogP contribution < -0.4 is 15.8 Å². The van der Waals surface area contributed by atoms with Gasteiger partial charge in [0.1, 0.15) is 0 Å². The summed E-state index contributed by atoms with van der Waals surface area (Å²) in [6.07, 6.45) is 0. The van der Waals surface area contributed by atoms with Crippen LogP contribution in [0.3, 0.4) is 0 Å². The van der Waals surface area contributed by atoms with Crippen molar-refractivity contribution in [3.8, 4) is 0 Å². The summed E-state index contributed by atoms with van der Waals surface area (Å²) in [6, 6.07) is 6.04. The van der Waals surface area contributed by atoms with Crippen LogP contribution in [0.5, 0.6) is 0 Å². The van der Waals surface area contributed by atoms with Crippen molar-refractivity contribution in [3.63, 3.8) is 0 Å². The molecule has 0 saturated heterocycles. The van der Waals surface area contributed by atoms with Gasteiger partial charge in [-0.05, 0) is 38.1 Å². The standard InChI is InChI=1S/C10H15N3O2S/c1-7(2)12-10(14)13-16(15)9-5-3-8(11)4-6-9/h3-7H,11H2,1-2H3,(H2,12,13,14).